The van der Waals surface area contributed by atoms with Crippen molar-refractivity contribution in [1.82, 2.24) is 0 Å². The molecular formula is C14H9Cl2FN2. The quantitative estimate of drug-likeness (QED) is 0.897. The lowest BCUT2D eigenvalue weighted by Gasteiger charge is -2.10. The van der Waals surface area contributed by atoms with E-state index in [1.807, 2.05) is 6.07 Å². The van der Waals surface area contributed by atoms with E-state index >= 15 is 0 Å². The average molecular weight is 295 g/mol. The first-order valence-corrected chi connectivity index (χ1v) is 6.23. The zero-order valence-corrected chi connectivity index (χ0v) is 11.3. The van der Waals surface area contributed by atoms with Crippen LogP contribution in [0.4, 0.5) is 10.1 Å². The zero-order valence-electron chi connectivity index (χ0n) is 9.75. The Hall–Kier alpha value is -1.76. The van der Waals surface area contributed by atoms with Gasteiger partial charge in [-0.3, -0.25) is 0 Å². The Kier molecular flexibility index (Phi) is 4.26. The van der Waals surface area contributed by atoms with Crippen molar-refractivity contribution in [2.24, 2.45) is 0 Å². The molecule has 2 aromatic carbocycles. The predicted molar refractivity (Wildman–Crippen MR) is 74.9 cm³/mol. The topological polar surface area (TPSA) is 35.8 Å². The molecule has 0 aromatic heterocycles. The molecule has 0 aliphatic carbocycles. The molecule has 0 unspecified atom stereocenters. The minimum atomic E-state index is -0.377. The number of benzene rings is 2. The minimum absolute atomic E-state index is 0.308. The van der Waals surface area contributed by atoms with Gasteiger partial charge in [0.1, 0.15) is 5.82 Å². The second-order valence-corrected chi connectivity index (χ2v) is 4.73. The van der Waals surface area contributed by atoms with Crippen LogP contribution in [-0.2, 0) is 6.54 Å². The summed E-state index contributed by atoms with van der Waals surface area (Å²) in [5.74, 6) is -0.377. The highest BCUT2D eigenvalue weighted by Crippen LogP contribution is 2.26. The fourth-order valence-electron chi connectivity index (χ4n) is 1.64. The Morgan fingerprint density at radius 3 is 2.63 bits per heavy atom. The van der Waals surface area contributed by atoms with Gasteiger partial charge in [0.2, 0.25) is 0 Å². The predicted octanol–water partition coefficient (Wildman–Crippen LogP) is 4.62. The molecule has 2 aromatic rings. The van der Waals surface area contributed by atoms with E-state index in [1.165, 1.54) is 18.2 Å². The van der Waals surface area contributed by atoms with E-state index in [2.05, 4.69) is 5.32 Å². The van der Waals surface area contributed by atoms with Crippen LogP contribution >= 0.6 is 23.2 Å². The van der Waals surface area contributed by atoms with Crippen molar-refractivity contribution in [2.45, 2.75) is 6.54 Å². The van der Waals surface area contributed by atoms with E-state index in [4.69, 9.17) is 28.5 Å². The van der Waals surface area contributed by atoms with Crippen molar-refractivity contribution >= 4 is 28.9 Å². The summed E-state index contributed by atoms with van der Waals surface area (Å²) in [5.41, 5.74) is 1.69. The fraction of sp³-hybridized carbons (Fsp3) is 0.0714. The Bertz CT molecular complexity index is 650. The van der Waals surface area contributed by atoms with Crippen molar-refractivity contribution in [2.75, 3.05) is 5.32 Å². The summed E-state index contributed by atoms with van der Waals surface area (Å²) < 4.78 is 13.2. The third-order valence-electron chi connectivity index (χ3n) is 2.59. The van der Waals surface area contributed by atoms with Crippen LogP contribution in [0.25, 0.3) is 0 Å². The summed E-state index contributed by atoms with van der Waals surface area (Å²) in [4.78, 5) is 0. The first kappa shape index (κ1) is 13.7. The molecule has 0 spiro atoms. The van der Waals surface area contributed by atoms with Crippen LogP contribution in [0.1, 0.15) is 11.1 Å². The third kappa shape index (κ3) is 3.37. The summed E-state index contributed by atoms with van der Waals surface area (Å²) in [7, 11) is 0. The molecule has 0 aliphatic heterocycles. The smallest absolute Gasteiger partial charge is 0.123 e. The lowest BCUT2D eigenvalue weighted by molar-refractivity contribution is 0.625. The van der Waals surface area contributed by atoms with Gasteiger partial charge in [0, 0.05) is 11.6 Å². The maximum absolute atomic E-state index is 13.2. The van der Waals surface area contributed by atoms with Gasteiger partial charge >= 0.3 is 0 Å². The number of hydrogen-bond donors (Lipinski definition) is 1. The molecule has 1 N–H and O–H groups in total. The number of halogens is 3. The van der Waals surface area contributed by atoms with Gasteiger partial charge in [0.15, 0.2) is 0 Å². The molecule has 0 radical (unpaired) electrons. The zero-order chi connectivity index (χ0) is 13.8. The normalized spacial score (nSPS) is 10.0. The Morgan fingerprint density at radius 2 is 1.95 bits per heavy atom. The second kappa shape index (κ2) is 5.92. The molecule has 0 heterocycles. The molecule has 0 saturated heterocycles. The first-order chi connectivity index (χ1) is 9.10. The van der Waals surface area contributed by atoms with Crippen LogP contribution in [0.3, 0.4) is 0 Å². The monoisotopic (exact) mass is 294 g/mol. The Morgan fingerprint density at radius 1 is 1.16 bits per heavy atom. The molecule has 0 fully saturated rings. The van der Waals surface area contributed by atoms with Gasteiger partial charge in [0.05, 0.1) is 22.3 Å². The van der Waals surface area contributed by atoms with Crippen LogP contribution in [0, 0.1) is 17.1 Å². The number of nitriles is 1. The highest BCUT2D eigenvalue weighted by atomic mass is 35.5. The standard InChI is InChI=1S/C14H9Cl2FN2/c15-11-2-4-14(13(16)6-11)19-8-10-5-12(17)3-1-9(10)7-18/h1-6,19H,8H2. The third-order valence-corrected chi connectivity index (χ3v) is 3.14. The van der Waals surface area contributed by atoms with Gasteiger partial charge in [0.25, 0.3) is 0 Å². The van der Waals surface area contributed by atoms with E-state index in [0.717, 1.165) is 0 Å². The van der Waals surface area contributed by atoms with Crippen molar-refractivity contribution in [3.63, 3.8) is 0 Å². The fourth-order valence-corrected chi connectivity index (χ4v) is 2.12. The van der Waals surface area contributed by atoms with E-state index in [0.29, 0.717) is 33.4 Å². The van der Waals surface area contributed by atoms with Gasteiger partial charge in [-0.15, -0.1) is 0 Å². The lowest BCUT2D eigenvalue weighted by atomic mass is 10.1. The molecule has 0 saturated carbocycles. The van der Waals surface area contributed by atoms with Crippen molar-refractivity contribution in [3.8, 4) is 6.07 Å². The summed E-state index contributed by atoms with van der Waals surface area (Å²) in [5, 5.41) is 13.0. The van der Waals surface area contributed by atoms with E-state index < -0.39 is 0 Å². The van der Waals surface area contributed by atoms with Gasteiger partial charge in [-0.25, -0.2) is 4.39 Å². The molecule has 0 amide bonds. The molecule has 0 bridgehead atoms. The van der Waals surface area contributed by atoms with Crippen molar-refractivity contribution in [1.29, 1.82) is 5.26 Å². The summed E-state index contributed by atoms with van der Waals surface area (Å²) in [6.45, 7) is 0.308. The molecule has 2 rings (SSSR count). The number of anilines is 1. The van der Waals surface area contributed by atoms with E-state index in [-0.39, 0.29) is 5.82 Å². The first-order valence-electron chi connectivity index (χ1n) is 5.47. The van der Waals surface area contributed by atoms with Crippen LogP contribution in [0.2, 0.25) is 10.0 Å². The number of hydrogen-bond acceptors (Lipinski definition) is 2. The Labute approximate surface area is 120 Å². The number of nitrogens with zero attached hydrogens (tertiary/aromatic N) is 1. The second-order valence-electron chi connectivity index (χ2n) is 3.89. The van der Waals surface area contributed by atoms with Crippen LogP contribution in [-0.4, -0.2) is 0 Å². The molecular weight excluding hydrogens is 286 g/mol. The molecule has 0 atom stereocenters. The van der Waals surface area contributed by atoms with Gasteiger partial charge in [-0.1, -0.05) is 23.2 Å². The molecule has 0 aliphatic rings. The Balaban J connectivity index is 2.19. The number of rotatable bonds is 3. The SMILES string of the molecule is N#Cc1ccc(F)cc1CNc1ccc(Cl)cc1Cl. The molecule has 5 heteroatoms. The van der Waals surface area contributed by atoms with Crippen LogP contribution < -0.4 is 5.32 Å². The maximum Gasteiger partial charge on any atom is 0.123 e. The van der Waals surface area contributed by atoms with Gasteiger partial charge in [-0.05, 0) is 42.0 Å². The van der Waals surface area contributed by atoms with Gasteiger partial charge in [-0.2, -0.15) is 5.26 Å². The van der Waals surface area contributed by atoms with Gasteiger partial charge < -0.3 is 5.32 Å². The minimum Gasteiger partial charge on any atom is -0.380 e. The molecule has 19 heavy (non-hydrogen) atoms. The molecule has 96 valence electrons. The highest BCUT2D eigenvalue weighted by molar-refractivity contribution is 6.36. The van der Waals surface area contributed by atoms with E-state index in [9.17, 15) is 4.39 Å². The van der Waals surface area contributed by atoms with Crippen LogP contribution in [0.15, 0.2) is 36.4 Å². The number of nitrogens with one attached hydrogen (secondary N) is 1. The summed E-state index contributed by atoms with van der Waals surface area (Å²) in [6, 6.07) is 11.1. The van der Waals surface area contributed by atoms with Crippen molar-refractivity contribution in [3.05, 3.63) is 63.4 Å². The maximum atomic E-state index is 13.2. The average Bonchev–Trinajstić information content (AvgIpc) is 2.38. The van der Waals surface area contributed by atoms with E-state index in [1.54, 1.807) is 18.2 Å². The summed E-state index contributed by atoms with van der Waals surface area (Å²) in [6.07, 6.45) is 0. The van der Waals surface area contributed by atoms with Crippen LogP contribution in [0.5, 0.6) is 0 Å². The molecule has 2 nitrogen and oxygen atoms in total. The highest BCUT2D eigenvalue weighted by Gasteiger charge is 2.05. The largest absolute Gasteiger partial charge is 0.380 e. The summed E-state index contributed by atoms with van der Waals surface area (Å²) >= 11 is 11.8. The lowest BCUT2D eigenvalue weighted by Crippen LogP contribution is -2.02. The van der Waals surface area contributed by atoms with Crippen molar-refractivity contribution < 1.29 is 4.39 Å².